The molecule has 1 saturated carbocycles. The maximum absolute atomic E-state index is 5.36. The Kier molecular flexibility index (Phi) is 3.82. The summed E-state index contributed by atoms with van der Waals surface area (Å²) in [6, 6.07) is 0. The Hall–Kier alpha value is -1.36. The van der Waals surface area contributed by atoms with E-state index in [0.29, 0.717) is 11.8 Å². The molecule has 0 unspecified atom stereocenters. The SMILES string of the molecule is COc1nc(NCC2CCCCC2)nc2c1CNC2. The predicted octanol–water partition coefficient (Wildman–Crippen LogP) is 2.08. The van der Waals surface area contributed by atoms with E-state index in [9.17, 15) is 0 Å². The molecule has 1 aromatic rings. The van der Waals surface area contributed by atoms with Gasteiger partial charge in [-0.05, 0) is 18.8 Å². The lowest BCUT2D eigenvalue weighted by Crippen LogP contribution is -2.18. The van der Waals surface area contributed by atoms with Crippen LogP contribution in [0.2, 0.25) is 0 Å². The summed E-state index contributed by atoms with van der Waals surface area (Å²) in [4.78, 5) is 9.04. The minimum Gasteiger partial charge on any atom is -0.481 e. The van der Waals surface area contributed by atoms with Gasteiger partial charge in [0.2, 0.25) is 11.8 Å². The lowest BCUT2D eigenvalue weighted by atomic mass is 9.89. The van der Waals surface area contributed by atoms with E-state index in [1.165, 1.54) is 32.1 Å². The molecule has 0 bridgehead atoms. The van der Waals surface area contributed by atoms with E-state index >= 15 is 0 Å². The summed E-state index contributed by atoms with van der Waals surface area (Å²) < 4.78 is 5.36. The molecular formula is C14H22N4O. The second kappa shape index (κ2) is 5.74. The Labute approximate surface area is 114 Å². The normalized spacial score (nSPS) is 19.2. The first-order valence-corrected chi connectivity index (χ1v) is 7.25. The zero-order valence-corrected chi connectivity index (χ0v) is 11.5. The topological polar surface area (TPSA) is 59.1 Å². The third kappa shape index (κ3) is 2.81. The van der Waals surface area contributed by atoms with Crippen LogP contribution in [-0.4, -0.2) is 23.6 Å². The van der Waals surface area contributed by atoms with Crippen molar-refractivity contribution < 1.29 is 4.74 Å². The number of rotatable bonds is 4. The van der Waals surface area contributed by atoms with E-state index in [-0.39, 0.29) is 0 Å². The van der Waals surface area contributed by atoms with Gasteiger partial charge in [0, 0.05) is 19.6 Å². The van der Waals surface area contributed by atoms with Crippen molar-refractivity contribution in [1.82, 2.24) is 15.3 Å². The van der Waals surface area contributed by atoms with Crippen molar-refractivity contribution in [3.8, 4) is 5.88 Å². The smallest absolute Gasteiger partial charge is 0.226 e. The fourth-order valence-corrected chi connectivity index (χ4v) is 3.01. The first-order chi connectivity index (χ1) is 9.36. The number of nitrogens with one attached hydrogen (secondary N) is 2. The van der Waals surface area contributed by atoms with E-state index in [1.807, 2.05) is 0 Å². The van der Waals surface area contributed by atoms with Crippen LogP contribution in [0.5, 0.6) is 5.88 Å². The molecule has 2 heterocycles. The van der Waals surface area contributed by atoms with Crippen LogP contribution in [0.3, 0.4) is 0 Å². The third-order valence-electron chi connectivity index (χ3n) is 4.12. The van der Waals surface area contributed by atoms with E-state index < -0.39 is 0 Å². The Bertz CT molecular complexity index is 443. The van der Waals surface area contributed by atoms with Crippen LogP contribution in [0.15, 0.2) is 0 Å². The summed E-state index contributed by atoms with van der Waals surface area (Å²) in [5.41, 5.74) is 2.17. The molecule has 0 aromatic carbocycles. The van der Waals surface area contributed by atoms with Gasteiger partial charge in [0.1, 0.15) is 0 Å². The number of anilines is 1. The maximum atomic E-state index is 5.36. The Morgan fingerprint density at radius 2 is 2.05 bits per heavy atom. The van der Waals surface area contributed by atoms with E-state index in [0.717, 1.165) is 36.8 Å². The molecule has 1 aliphatic carbocycles. The molecule has 19 heavy (non-hydrogen) atoms. The van der Waals surface area contributed by atoms with Crippen LogP contribution in [0.25, 0.3) is 0 Å². The van der Waals surface area contributed by atoms with Crippen LogP contribution in [-0.2, 0) is 13.1 Å². The average Bonchev–Trinajstić information content (AvgIpc) is 2.93. The van der Waals surface area contributed by atoms with Crippen molar-refractivity contribution in [2.45, 2.75) is 45.2 Å². The molecule has 1 fully saturated rings. The molecule has 5 nitrogen and oxygen atoms in total. The highest BCUT2D eigenvalue weighted by Crippen LogP contribution is 2.26. The molecule has 0 amide bonds. The lowest BCUT2D eigenvalue weighted by molar-refractivity contribution is 0.372. The molecule has 0 radical (unpaired) electrons. The van der Waals surface area contributed by atoms with Crippen LogP contribution in [0, 0.1) is 5.92 Å². The van der Waals surface area contributed by atoms with Crippen LogP contribution in [0.1, 0.15) is 43.4 Å². The molecule has 0 saturated heterocycles. The Balaban J connectivity index is 1.67. The fourth-order valence-electron chi connectivity index (χ4n) is 3.01. The maximum Gasteiger partial charge on any atom is 0.226 e. The van der Waals surface area contributed by atoms with Crippen molar-refractivity contribution in [2.75, 3.05) is 19.0 Å². The predicted molar refractivity (Wildman–Crippen MR) is 74.2 cm³/mol. The standard InChI is InChI=1S/C14H22N4O/c1-19-13-11-8-15-9-12(11)17-14(18-13)16-7-10-5-3-2-4-6-10/h10,15H,2-9H2,1H3,(H,16,17,18). The first-order valence-electron chi connectivity index (χ1n) is 7.25. The van der Waals surface area contributed by atoms with Crippen molar-refractivity contribution >= 4 is 5.95 Å². The van der Waals surface area contributed by atoms with E-state index in [2.05, 4.69) is 20.6 Å². The molecule has 2 aliphatic rings. The van der Waals surface area contributed by atoms with E-state index in [4.69, 9.17) is 4.74 Å². The molecule has 0 atom stereocenters. The monoisotopic (exact) mass is 262 g/mol. The highest BCUT2D eigenvalue weighted by atomic mass is 16.5. The van der Waals surface area contributed by atoms with Gasteiger partial charge < -0.3 is 15.4 Å². The molecule has 2 N–H and O–H groups in total. The summed E-state index contributed by atoms with van der Waals surface area (Å²) in [5.74, 6) is 2.20. The largest absolute Gasteiger partial charge is 0.481 e. The number of methoxy groups -OCH3 is 1. The highest BCUT2D eigenvalue weighted by molar-refractivity contribution is 5.40. The van der Waals surface area contributed by atoms with Gasteiger partial charge in [-0.1, -0.05) is 19.3 Å². The lowest BCUT2D eigenvalue weighted by Gasteiger charge is -2.21. The first kappa shape index (κ1) is 12.7. The van der Waals surface area contributed by atoms with Crippen LogP contribution < -0.4 is 15.4 Å². The molecule has 0 spiro atoms. The van der Waals surface area contributed by atoms with Gasteiger partial charge in [-0.3, -0.25) is 0 Å². The van der Waals surface area contributed by atoms with Crippen molar-refractivity contribution in [3.05, 3.63) is 11.3 Å². The van der Waals surface area contributed by atoms with Crippen molar-refractivity contribution in [1.29, 1.82) is 0 Å². The van der Waals surface area contributed by atoms with E-state index in [1.54, 1.807) is 7.11 Å². The van der Waals surface area contributed by atoms with Gasteiger partial charge in [-0.2, -0.15) is 4.98 Å². The van der Waals surface area contributed by atoms with Gasteiger partial charge in [-0.25, -0.2) is 4.98 Å². The summed E-state index contributed by atoms with van der Waals surface area (Å²) in [6.07, 6.45) is 6.79. The molecule has 1 aromatic heterocycles. The van der Waals surface area contributed by atoms with Gasteiger partial charge in [0.05, 0.1) is 18.4 Å². The molecule has 3 rings (SSSR count). The van der Waals surface area contributed by atoms with Gasteiger partial charge in [0.15, 0.2) is 0 Å². The molecule has 104 valence electrons. The number of fused-ring (bicyclic) bond motifs is 1. The Morgan fingerprint density at radius 1 is 1.21 bits per heavy atom. The number of nitrogens with zero attached hydrogens (tertiary/aromatic N) is 2. The number of hydrogen-bond acceptors (Lipinski definition) is 5. The number of hydrogen-bond donors (Lipinski definition) is 2. The molecule has 5 heteroatoms. The van der Waals surface area contributed by atoms with Crippen molar-refractivity contribution in [3.63, 3.8) is 0 Å². The quantitative estimate of drug-likeness (QED) is 0.870. The fraction of sp³-hybridized carbons (Fsp3) is 0.714. The highest BCUT2D eigenvalue weighted by Gasteiger charge is 2.20. The zero-order valence-electron chi connectivity index (χ0n) is 11.5. The summed E-state index contributed by atoms with van der Waals surface area (Å²) in [6.45, 7) is 2.60. The minimum atomic E-state index is 0.709. The summed E-state index contributed by atoms with van der Waals surface area (Å²) in [7, 11) is 1.67. The van der Waals surface area contributed by atoms with Crippen LogP contribution >= 0.6 is 0 Å². The summed E-state index contributed by atoms with van der Waals surface area (Å²) >= 11 is 0. The van der Waals surface area contributed by atoms with Crippen LogP contribution in [0.4, 0.5) is 5.95 Å². The Morgan fingerprint density at radius 3 is 2.84 bits per heavy atom. The number of ether oxygens (including phenoxy) is 1. The van der Waals surface area contributed by atoms with Gasteiger partial charge in [0.25, 0.3) is 0 Å². The summed E-state index contributed by atoms with van der Waals surface area (Å²) in [5, 5.41) is 6.67. The number of aromatic nitrogens is 2. The second-order valence-corrected chi connectivity index (χ2v) is 5.47. The van der Waals surface area contributed by atoms with Crippen molar-refractivity contribution in [2.24, 2.45) is 5.92 Å². The minimum absolute atomic E-state index is 0.709. The van der Waals surface area contributed by atoms with Gasteiger partial charge >= 0.3 is 0 Å². The third-order valence-corrected chi connectivity index (χ3v) is 4.12. The van der Waals surface area contributed by atoms with Gasteiger partial charge in [-0.15, -0.1) is 0 Å². The average molecular weight is 262 g/mol. The molecular weight excluding hydrogens is 240 g/mol. The molecule has 1 aliphatic heterocycles. The zero-order chi connectivity index (χ0) is 13.1. The second-order valence-electron chi connectivity index (χ2n) is 5.47.